The van der Waals surface area contributed by atoms with E-state index in [0.717, 1.165) is 22.4 Å². The Hall–Kier alpha value is -1.96. The Morgan fingerprint density at radius 2 is 1.92 bits per heavy atom. The molecule has 0 saturated heterocycles. The zero-order valence-electron chi connectivity index (χ0n) is 15.5. The van der Waals surface area contributed by atoms with E-state index in [1.165, 1.54) is 23.4 Å². The lowest BCUT2D eigenvalue weighted by molar-refractivity contribution is -0.142. The van der Waals surface area contributed by atoms with Crippen LogP contribution in [-0.4, -0.2) is 27.5 Å². The van der Waals surface area contributed by atoms with Crippen LogP contribution in [0, 0.1) is 6.92 Å². The van der Waals surface area contributed by atoms with Crippen LogP contribution in [0.3, 0.4) is 0 Å². The molecule has 1 aromatic rings. The van der Waals surface area contributed by atoms with Gasteiger partial charge in [-0.3, -0.25) is 18.7 Å². The van der Waals surface area contributed by atoms with Crippen LogP contribution in [-0.2, 0) is 23.6 Å². The van der Waals surface area contributed by atoms with Crippen LogP contribution in [0.2, 0.25) is 0 Å². The molecule has 1 heterocycles. The summed E-state index contributed by atoms with van der Waals surface area (Å²) in [5.41, 5.74) is 0.216. The highest BCUT2D eigenvalue weighted by Gasteiger charge is 2.14. The highest BCUT2D eigenvalue weighted by atomic mass is 32.2. The molecule has 0 amide bonds. The maximum absolute atomic E-state index is 12.4. The van der Waals surface area contributed by atoms with Crippen molar-refractivity contribution in [2.45, 2.75) is 40.0 Å². The molecule has 0 fully saturated rings. The van der Waals surface area contributed by atoms with Crippen molar-refractivity contribution in [3.63, 3.8) is 0 Å². The monoisotopic (exact) mass is 369 g/mol. The minimum Gasteiger partial charge on any atom is -0.466 e. The smallest absolute Gasteiger partial charge is 0.330 e. The van der Waals surface area contributed by atoms with Gasteiger partial charge in [0.25, 0.3) is 5.56 Å². The first-order valence-corrected chi connectivity index (χ1v) is 9.34. The van der Waals surface area contributed by atoms with Gasteiger partial charge < -0.3 is 10.1 Å². The minimum absolute atomic E-state index is 0.237. The lowest BCUT2D eigenvalue weighted by atomic mass is 10.3. The normalized spacial score (nSPS) is 11.5. The first-order chi connectivity index (χ1) is 11.8. The van der Waals surface area contributed by atoms with Crippen molar-refractivity contribution < 1.29 is 9.53 Å². The van der Waals surface area contributed by atoms with E-state index in [9.17, 15) is 14.4 Å². The number of carbonyl (C=O) groups is 1. The molecule has 0 aromatic carbocycles. The quantitative estimate of drug-likeness (QED) is 0.672. The fraction of sp³-hybridized carbons (Fsp3) is 0.588. The van der Waals surface area contributed by atoms with Gasteiger partial charge >= 0.3 is 11.7 Å². The average Bonchev–Trinajstić information content (AvgIpc) is 2.59. The molecule has 1 aromatic heterocycles. The van der Waals surface area contributed by atoms with Crippen LogP contribution in [0.4, 0.5) is 5.69 Å². The Bertz CT molecular complexity index is 749. The van der Waals surface area contributed by atoms with Crippen LogP contribution in [0.1, 0.15) is 38.8 Å². The number of anilines is 1. The number of nitrogens with one attached hydrogen (secondary N) is 1. The largest absolute Gasteiger partial charge is 0.466 e. The van der Waals surface area contributed by atoms with Gasteiger partial charge in [0.1, 0.15) is 5.69 Å². The lowest BCUT2D eigenvalue weighted by Gasteiger charge is -2.15. The molecular weight excluding hydrogens is 342 g/mol. The highest BCUT2D eigenvalue weighted by molar-refractivity contribution is 8.03. The Balaban J connectivity index is 2.99. The fourth-order valence-electron chi connectivity index (χ4n) is 2.11. The van der Waals surface area contributed by atoms with E-state index in [1.54, 1.807) is 20.9 Å². The number of carbonyl (C=O) groups excluding carboxylic acids is 1. The van der Waals surface area contributed by atoms with Crippen LogP contribution >= 0.6 is 11.8 Å². The van der Waals surface area contributed by atoms with Crippen molar-refractivity contribution in [3.05, 3.63) is 37.6 Å². The van der Waals surface area contributed by atoms with E-state index in [0.29, 0.717) is 30.2 Å². The number of rotatable bonds is 9. The molecule has 0 unspecified atom stereocenters. The molecule has 8 heteroatoms. The third-order valence-electron chi connectivity index (χ3n) is 3.69. The Morgan fingerprint density at radius 1 is 1.24 bits per heavy atom. The van der Waals surface area contributed by atoms with Crippen LogP contribution in [0.15, 0.2) is 20.7 Å². The van der Waals surface area contributed by atoms with Crippen molar-refractivity contribution in [2.75, 3.05) is 17.7 Å². The van der Waals surface area contributed by atoms with Gasteiger partial charge in [0, 0.05) is 25.5 Å². The molecule has 0 saturated carbocycles. The Kier molecular flexibility index (Phi) is 8.54. The van der Waals surface area contributed by atoms with Crippen molar-refractivity contribution in [1.29, 1.82) is 0 Å². The van der Waals surface area contributed by atoms with Crippen LogP contribution < -0.4 is 16.6 Å². The zero-order valence-corrected chi connectivity index (χ0v) is 16.4. The number of unbranched alkanes of at least 4 members (excludes halogenated alkanes) is 1. The molecule has 0 aliphatic carbocycles. The molecule has 0 spiro atoms. The number of nitrogens with zero attached hydrogens (tertiary/aromatic N) is 2. The maximum atomic E-state index is 12.4. The van der Waals surface area contributed by atoms with Crippen molar-refractivity contribution >= 4 is 23.4 Å². The standard InChI is InChI=1S/C17H27N3O4S/c1-6-8-9-13(25-11-10-14(21)24-7-2)18-15-12(3)19(4)17(23)20(5)16(15)22/h9,18H,6-8,10-11H2,1-5H3/b13-9-. The fourth-order valence-corrected chi connectivity index (χ4v) is 3.01. The molecule has 7 nitrogen and oxygen atoms in total. The molecule has 25 heavy (non-hydrogen) atoms. The predicted molar refractivity (Wildman–Crippen MR) is 102 cm³/mol. The molecule has 0 radical (unpaired) electrons. The predicted octanol–water partition coefficient (Wildman–Crippen LogP) is 2.13. The van der Waals surface area contributed by atoms with Gasteiger partial charge in [-0.25, -0.2) is 4.79 Å². The molecule has 0 aliphatic heterocycles. The van der Waals surface area contributed by atoms with E-state index in [4.69, 9.17) is 4.74 Å². The van der Waals surface area contributed by atoms with Crippen molar-refractivity contribution in [1.82, 2.24) is 9.13 Å². The second kappa shape index (κ2) is 10.1. The second-order valence-corrected chi connectivity index (χ2v) is 6.69. The summed E-state index contributed by atoms with van der Waals surface area (Å²) < 4.78 is 7.44. The first-order valence-electron chi connectivity index (χ1n) is 8.35. The minimum atomic E-state index is -0.367. The lowest BCUT2D eigenvalue weighted by Crippen LogP contribution is -2.39. The van der Waals surface area contributed by atoms with E-state index < -0.39 is 0 Å². The summed E-state index contributed by atoms with van der Waals surface area (Å²) in [6, 6.07) is 0. The van der Waals surface area contributed by atoms with Gasteiger partial charge in [-0.2, -0.15) is 0 Å². The first kappa shape index (κ1) is 21.1. The van der Waals surface area contributed by atoms with Gasteiger partial charge in [0.15, 0.2) is 0 Å². The summed E-state index contributed by atoms with van der Waals surface area (Å²) in [5, 5.41) is 3.94. The van der Waals surface area contributed by atoms with Crippen molar-refractivity contribution in [2.24, 2.45) is 14.1 Å². The van der Waals surface area contributed by atoms with Gasteiger partial charge in [-0.1, -0.05) is 19.4 Å². The summed E-state index contributed by atoms with van der Waals surface area (Å²) >= 11 is 1.46. The van der Waals surface area contributed by atoms with E-state index >= 15 is 0 Å². The molecule has 0 atom stereocenters. The second-order valence-electron chi connectivity index (χ2n) is 5.55. The summed E-state index contributed by atoms with van der Waals surface area (Å²) in [6.07, 6.45) is 4.11. The molecule has 1 rings (SSSR count). The number of ether oxygens (including phenoxy) is 1. The molecule has 140 valence electrons. The third kappa shape index (κ3) is 5.81. The molecular formula is C17H27N3O4S. The summed E-state index contributed by atoms with van der Waals surface area (Å²) in [6.45, 7) is 5.94. The third-order valence-corrected chi connectivity index (χ3v) is 4.68. The van der Waals surface area contributed by atoms with E-state index in [2.05, 4.69) is 12.2 Å². The van der Waals surface area contributed by atoms with Gasteiger partial charge in [-0.05, 0) is 20.3 Å². The Morgan fingerprint density at radius 3 is 2.52 bits per heavy atom. The van der Waals surface area contributed by atoms with E-state index in [1.807, 2.05) is 6.08 Å². The number of hydrogen-bond acceptors (Lipinski definition) is 6. The Labute approximate surface area is 152 Å². The number of allylic oxidation sites excluding steroid dienone is 1. The van der Waals surface area contributed by atoms with E-state index in [-0.39, 0.29) is 17.2 Å². The van der Waals surface area contributed by atoms with Gasteiger partial charge in [0.05, 0.1) is 18.1 Å². The number of hydrogen-bond donors (Lipinski definition) is 1. The van der Waals surface area contributed by atoms with Crippen LogP contribution in [0.25, 0.3) is 0 Å². The highest BCUT2D eigenvalue weighted by Crippen LogP contribution is 2.21. The molecule has 0 aliphatic rings. The molecule has 1 N–H and O–H groups in total. The maximum Gasteiger partial charge on any atom is 0.330 e. The summed E-state index contributed by atoms with van der Waals surface area (Å²) in [5.74, 6) is 0.311. The summed E-state index contributed by atoms with van der Waals surface area (Å²) in [7, 11) is 3.09. The number of aromatic nitrogens is 2. The summed E-state index contributed by atoms with van der Waals surface area (Å²) in [4.78, 5) is 35.8. The topological polar surface area (TPSA) is 82.3 Å². The SMILES string of the molecule is CCC/C=C(/Nc1c(C)n(C)c(=O)n(C)c1=O)SCCC(=O)OCC. The average molecular weight is 369 g/mol. The number of thioether (sulfide) groups is 1. The van der Waals surface area contributed by atoms with Crippen LogP contribution in [0.5, 0.6) is 0 Å². The van der Waals surface area contributed by atoms with Crippen molar-refractivity contribution in [3.8, 4) is 0 Å². The van der Waals surface area contributed by atoms with Gasteiger partial charge in [0.2, 0.25) is 0 Å². The number of esters is 1. The van der Waals surface area contributed by atoms with Gasteiger partial charge in [-0.15, -0.1) is 11.8 Å². The zero-order chi connectivity index (χ0) is 19.0. The molecule has 0 bridgehead atoms.